The van der Waals surface area contributed by atoms with Crippen molar-refractivity contribution in [3.8, 4) is 0 Å². The van der Waals surface area contributed by atoms with Gasteiger partial charge in [-0.1, -0.05) is 18.2 Å². The van der Waals surface area contributed by atoms with Gasteiger partial charge >= 0.3 is 0 Å². The minimum absolute atomic E-state index is 0.182. The van der Waals surface area contributed by atoms with E-state index in [9.17, 15) is 9.59 Å². The minimum atomic E-state index is -0.532. The molecule has 5 N–H and O–H groups in total. The molecule has 0 bridgehead atoms. The van der Waals surface area contributed by atoms with Crippen LogP contribution in [0.2, 0.25) is 0 Å². The molecule has 0 aliphatic heterocycles. The molecule has 2 rings (SSSR count). The Bertz CT molecular complexity index is 995. The topological polar surface area (TPSA) is 136 Å². The van der Waals surface area contributed by atoms with Gasteiger partial charge in [0.1, 0.15) is 5.82 Å². The number of nitrogens with zero attached hydrogens (tertiary/aromatic N) is 3. The van der Waals surface area contributed by atoms with E-state index in [4.69, 9.17) is 11.5 Å². The van der Waals surface area contributed by atoms with Crippen LogP contribution in [0.1, 0.15) is 33.7 Å². The highest BCUT2D eigenvalue weighted by Crippen LogP contribution is 2.09. The second kappa shape index (κ2) is 11.3. The summed E-state index contributed by atoms with van der Waals surface area (Å²) in [5.74, 6) is -0.260. The van der Waals surface area contributed by atoms with Crippen molar-refractivity contribution >= 4 is 23.8 Å². The molecule has 0 fully saturated rings. The number of amides is 2. The number of hydrogen-bond donors (Lipinski definition) is 3. The molecule has 0 unspecified atom stereocenters. The number of hydrogen-bond acceptors (Lipinski definition) is 6. The molecule has 0 aromatic carbocycles. The van der Waals surface area contributed by atoms with Crippen molar-refractivity contribution in [1.29, 1.82) is 0 Å². The molecular weight excluding hydrogens is 380 g/mol. The Labute approximate surface area is 175 Å². The number of aryl methyl sites for hydroxylation is 2. The minimum Gasteiger partial charge on any atom is -0.384 e. The van der Waals surface area contributed by atoms with Crippen molar-refractivity contribution in [3.63, 3.8) is 0 Å². The van der Waals surface area contributed by atoms with Gasteiger partial charge in [-0.05, 0) is 49.6 Å². The molecule has 2 amide bonds. The first-order valence-corrected chi connectivity index (χ1v) is 9.44. The molecule has 30 heavy (non-hydrogen) atoms. The van der Waals surface area contributed by atoms with Crippen LogP contribution in [0.15, 0.2) is 59.3 Å². The SMILES string of the molecule is C\N=C/C(=C\C=C\CCc1cc(C(=O)NCc2ccc(N)nc2C)ccn1)C(N)=O. The number of carbonyl (C=O) groups excluding carboxylic acids is 2. The van der Waals surface area contributed by atoms with E-state index in [0.717, 1.165) is 17.0 Å². The molecule has 0 radical (unpaired) electrons. The smallest absolute Gasteiger partial charge is 0.251 e. The van der Waals surface area contributed by atoms with Gasteiger partial charge in [-0.3, -0.25) is 19.6 Å². The number of carbonyl (C=O) groups is 2. The third-order valence-electron chi connectivity index (χ3n) is 4.27. The number of nitrogens with two attached hydrogens (primary N) is 2. The number of anilines is 1. The monoisotopic (exact) mass is 406 g/mol. The summed E-state index contributed by atoms with van der Waals surface area (Å²) in [4.78, 5) is 36.0. The lowest BCUT2D eigenvalue weighted by molar-refractivity contribution is -0.114. The zero-order valence-electron chi connectivity index (χ0n) is 17.1. The standard InChI is InChI=1S/C22H26N6O2/c1-15-17(8-9-20(23)28-15)14-27-22(30)16-10-11-26-19(12-16)7-5-3-4-6-18(13-25-2)21(24)29/h3-4,6,8-13H,5,7,14H2,1-2H3,(H2,23,28)(H2,24,29)(H,27,30)/b4-3+,18-6+,25-13-. The molecule has 0 saturated carbocycles. The lowest BCUT2D eigenvalue weighted by atomic mass is 10.1. The zero-order valence-corrected chi connectivity index (χ0v) is 17.1. The number of rotatable bonds is 9. The van der Waals surface area contributed by atoms with Crippen LogP contribution in [0.5, 0.6) is 0 Å². The van der Waals surface area contributed by atoms with Gasteiger partial charge in [0.15, 0.2) is 0 Å². The number of pyridine rings is 2. The van der Waals surface area contributed by atoms with Gasteiger partial charge in [-0.15, -0.1) is 0 Å². The predicted molar refractivity (Wildman–Crippen MR) is 118 cm³/mol. The third kappa shape index (κ3) is 6.97. The maximum absolute atomic E-state index is 12.5. The van der Waals surface area contributed by atoms with Gasteiger partial charge in [0.2, 0.25) is 5.91 Å². The molecule has 2 aromatic rings. The molecule has 156 valence electrons. The summed E-state index contributed by atoms with van der Waals surface area (Å²) in [5.41, 5.74) is 14.3. The van der Waals surface area contributed by atoms with Crippen molar-refractivity contribution < 1.29 is 9.59 Å². The lowest BCUT2D eigenvalue weighted by Gasteiger charge is -2.09. The summed E-state index contributed by atoms with van der Waals surface area (Å²) in [6.45, 7) is 2.22. The van der Waals surface area contributed by atoms with Gasteiger partial charge in [0, 0.05) is 43.0 Å². The third-order valence-corrected chi connectivity index (χ3v) is 4.27. The quantitative estimate of drug-likeness (QED) is 0.332. The highest BCUT2D eigenvalue weighted by atomic mass is 16.2. The van der Waals surface area contributed by atoms with Crippen LogP contribution in [0.3, 0.4) is 0 Å². The zero-order chi connectivity index (χ0) is 21.9. The summed E-state index contributed by atoms with van der Waals surface area (Å²) >= 11 is 0. The van der Waals surface area contributed by atoms with Crippen LogP contribution in [-0.2, 0) is 17.8 Å². The Morgan fingerprint density at radius 1 is 1.27 bits per heavy atom. The maximum atomic E-state index is 12.5. The second-order valence-corrected chi connectivity index (χ2v) is 6.54. The average Bonchev–Trinajstić information content (AvgIpc) is 2.72. The first kappa shape index (κ1) is 22.5. The summed E-state index contributed by atoms with van der Waals surface area (Å²) in [5, 5.41) is 2.89. The number of allylic oxidation sites excluding steroid dienone is 3. The van der Waals surface area contributed by atoms with Crippen LogP contribution in [0.25, 0.3) is 0 Å². The number of nitrogens with one attached hydrogen (secondary N) is 1. The number of nitrogen functional groups attached to an aromatic ring is 1. The Kier molecular flexibility index (Phi) is 8.43. The van der Waals surface area contributed by atoms with Crippen LogP contribution in [-0.4, -0.2) is 35.0 Å². The van der Waals surface area contributed by atoms with Crippen LogP contribution in [0, 0.1) is 6.92 Å². The summed E-state index contributed by atoms with van der Waals surface area (Å²) < 4.78 is 0. The number of aromatic nitrogens is 2. The van der Waals surface area contributed by atoms with E-state index in [2.05, 4.69) is 20.3 Å². The van der Waals surface area contributed by atoms with Crippen LogP contribution in [0.4, 0.5) is 5.82 Å². The molecule has 0 atom stereocenters. The second-order valence-electron chi connectivity index (χ2n) is 6.54. The molecular formula is C22H26N6O2. The molecule has 2 heterocycles. The maximum Gasteiger partial charge on any atom is 0.251 e. The molecule has 0 saturated heterocycles. The van der Waals surface area contributed by atoms with E-state index in [1.54, 1.807) is 43.6 Å². The fourth-order valence-corrected chi connectivity index (χ4v) is 2.66. The van der Waals surface area contributed by atoms with Crippen LogP contribution >= 0.6 is 0 Å². The first-order valence-electron chi connectivity index (χ1n) is 9.44. The normalized spacial score (nSPS) is 11.9. The molecule has 0 aliphatic rings. The summed E-state index contributed by atoms with van der Waals surface area (Å²) in [7, 11) is 1.57. The van der Waals surface area contributed by atoms with Crippen molar-refractivity contribution in [2.24, 2.45) is 10.7 Å². The van der Waals surface area contributed by atoms with Crippen LogP contribution < -0.4 is 16.8 Å². The van der Waals surface area contributed by atoms with E-state index in [1.165, 1.54) is 6.21 Å². The van der Waals surface area contributed by atoms with E-state index in [1.807, 2.05) is 19.1 Å². The molecule has 2 aromatic heterocycles. The molecule has 8 nitrogen and oxygen atoms in total. The Morgan fingerprint density at radius 2 is 2.07 bits per heavy atom. The highest BCUT2D eigenvalue weighted by molar-refractivity contribution is 6.11. The fraction of sp³-hybridized carbons (Fsp3) is 0.227. The first-order chi connectivity index (χ1) is 14.4. The van der Waals surface area contributed by atoms with Gasteiger partial charge in [0.25, 0.3) is 5.91 Å². The Balaban J connectivity index is 1.92. The average molecular weight is 406 g/mol. The highest BCUT2D eigenvalue weighted by Gasteiger charge is 2.08. The van der Waals surface area contributed by atoms with Gasteiger partial charge in [-0.2, -0.15) is 0 Å². The summed E-state index contributed by atoms with van der Waals surface area (Å²) in [6, 6.07) is 7.01. The van der Waals surface area contributed by atoms with E-state index < -0.39 is 5.91 Å². The van der Waals surface area contributed by atoms with Crippen molar-refractivity contribution in [1.82, 2.24) is 15.3 Å². The van der Waals surface area contributed by atoms with Gasteiger partial charge < -0.3 is 16.8 Å². The van der Waals surface area contributed by atoms with Crippen molar-refractivity contribution in [2.45, 2.75) is 26.3 Å². The number of primary amides is 1. The Morgan fingerprint density at radius 3 is 2.77 bits per heavy atom. The lowest BCUT2D eigenvalue weighted by Crippen LogP contribution is -2.23. The van der Waals surface area contributed by atoms with E-state index >= 15 is 0 Å². The van der Waals surface area contributed by atoms with Crippen molar-refractivity contribution in [2.75, 3.05) is 12.8 Å². The molecule has 0 spiro atoms. The summed E-state index contributed by atoms with van der Waals surface area (Å²) in [6.07, 6.45) is 9.64. The number of aliphatic imine (C=N–C) groups is 1. The molecule has 0 aliphatic carbocycles. The van der Waals surface area contributed by atoms with Crippen molar-refractivity contribution in [3.05, 3.63) is 76.8 Å². The Hall–Kier alpha value is -3.81. The van der Waals surface area contributed by atoms with Gasteiger partial charge in [-0.25, -0.2) is 4.98 Å². The van der Waals surface area contributed by atoms with E-state index in [-0.39, 0.29) is 5.91 Å². The molecule has 8 heteroatoms. The predicted octanol–water partition coefficient (Wildman–Crippen LogP) is 1.90. The van der Waals surface area contributed by atoms with Gasteiger partial charge in [0.05, 0.1) is 5.57 Å². The largest absolute Gasteiger partial charge is 0.384 e. The fourth-order valence-electron chi connectivity index (χ4n) is 2.66. The van der Waals surface area contributed by atoms with E-state index in [0.29, 0.717) is 36.3 Å².